The van der Waals surface area contributed by atoms with E-state index in [4.69, 9.17) is 5.73 Å². The molecule has 1 fully saturated rings. The average molecular weight is 240 g/mol. The van der Waals surface area contributed by atoms with Gasteiger partial charge < -0.3 is 11.1 Å². The zero-order chi connectivity index (χ0) is 12.8. The number of hydrogen-bond acceptors (Lipinski definition) is 2. The Kier molecular flexibility index (Phi) is 5.96. The van der Waals surface area contributed by atoms with Crippen LogP contribution in [0.5, 0.6) is 0 Å². The van der Waals surface area contributed by atoms with Crippen molar-refractivity contribution in [3.05, 3.63) is 0 Å². The highest BCUT2D eigenvalue weighted by molar-refractivity contribution is 5.79. The number of amides is 1. The molecule has 0 spiro atoms. The number of hydrogen-bond donors (Lipinski definition) is 2. The summed E-state index contributed by atoms with van der Waals surface area (Å²) in [4.78, 5) is 12.0. The van der Waals surface area contributed by atoms with Gasteiger partial charge in [0.1, 0.15) is 0 Å². The maximum absolute atomic E-state index is 12.0. The molecule has 1 amide bonds. The van der Waals surface area contributed by atoms with Crippen LogP contribution in [0.4, 0.5) is 0 Å². The molecule has 0 radical (unpaired) electrons. The highest BCUT2D eigenvalue weighted by Gasteiger charge is 2.25. The molecular formula is C14H28N2O. The zero-order valence-corrected chi connectivity index (χ0v) is 11.5. The first-order chi connectivity index (χ1) is 8.08. The van der Waals surface area contributed by atoms with Crippen molar-refractivity contribution in [1.82, 2.24) is 5.32 Å². The predicted octanol–water partition coefficient (Wildman–Crippen LogP) is 2.30. The van der Waals surface area contributed by atoms with E-state index in [9.17, 15) is 4.79 Å². The van der Waals surface area contributed by atoms with Gasteiger partial charge in [0.05, 0.1) is 5.92 Å². The first-order valence-corrected chi connectivity index (χ1v) is 7.08. The molecule has 0 bridgehead atoms. The lowest BCUT2D eigenvalue weighted by molar-refractivity contribution is -0.127. The fourth-order valence-electron chi connectivity index (χ4n) is 2.71. The predicted molar refractivity (Wildman–Crippen MR) is 71.6 cm³/mol. The molecule has 0 aromatic carbocycles. The summed E-state index contributed by atoms with van der Waals surface area (Å²) < 4.78 is 0. The van der Waals surface area contributed by atoms with Crippen molar-refractivity contribution in [3.8, 4) is 0 Å². The average Bonchev–Trinajstić information content (AvgIpc) is 2.30. The van der Waals surface area contributed by atoms with Gasteiger partial charge in [-0.1, -0.05) is 27.2 Å². The van der Waals surface area contributed by atoms with Crippen LogP contribution in [0, 0.1) is 17.8 Å². The second-order valence-electron chi connectivity index (χ2n) is 5.72. The van der Waals surface area contributed by atoms with Gasteiger partial charge >= 0.3 is 0 Å². The van der Waals surface area contributed by atoms with E-state index < -0.39 is 0 Å². The molecule has 3 nitrogen and oxygen atoms in total. The monoisotopic (exact) mass is 240 g/mol. The maximum atomic E-state index is 12.0. The minimum absolute atomic E-state index is 0.0288. The largest absolute Gasteiger partial charge is 0.353 e. The standard InChI is InChI=1S/C14H28N2O/c1-4-11-5-7-12(8-6-11)16-14(17)13(9-15)10(2)3/h10-13H,4-9,15H2,1-3H3,(H,16,17). The number of carbonyl (C=O) groups excluding carboxylic acids is 1. The highest BCUT2D eigenvalue weighted by atomic mass is 16.2. The van der Waals surface area contributed by atoms with Crippen LogP contribution in [0.3, 0.4) is 0 Å². The number of carbonyl (C=O) groups is 1. The zero-order valence-electron chi connectivity index (χ0n) is 11.5. The molecule has 1 aliphatic rings. The van der Waals surface area contributed by atoms with Gasteiger partial charge in [0, 0.05) is 12.6 Å². The van der Waals surface area contributed by atoms with E-state index in [0.717, 1.165) is 18.8 Å². The number of rotatable bonds is 5. The fourth-order valence-corrected chi connectivity index (χ4v) is 2.71. The first kappa shape index (κ1) is 14.5. The molecule has 3 N–H and O–H groups in total. The second-order valence-corrected chi connectivity index (χ2v) is 5.72. The Morgan fingerprint density at radius 1 is 1.29 bits per heavy atom. The summed E-state index contributed by atoms with van der Waals surface area (Å²) >= 11 is 0. The Labute approximate surface area is 106 Å². The summed E-state index contributed by atoms with van der Waals surface area (Å²) in [5, 5.41) is 3.18. The smallest absolute Gasteiger partial charge is 0.224 e. The van der Waals surface area contributed by atoms with Gasteiger partial charge in [0.2, 0.25) is 5.91 Å². The number of nitrogens with two attached hydrogens (primary N) is 1. The van der Waals surface area contributed by atoms with E-state index in [0.29, 0.717) is 18.5 Å². The van der Waals surface area contributed by atoms with Gasteiger partial charge in [-0.2, -0.15) is 0 Å². The van der Waals surface area contributed by atoms with Crippen molar-refractivity contribution in [2.45, 2.75) is 58.9 Å². The molecule has 0 aromatic rings. The number of nitrogens with one attached hydrogen (secondary N) is 1. The second kappa shape index (κ2) is 7.00. The molecule has 1 atom stereocenters. The van der Waals surface area contributed by atoms with Crippen LogP contribution in [-0.2, 0) is 4.79 Å². The van der Waals surface area contributed by atoms with Crippen molar-refractivity contribution in [2.24, 2.45) is 23.5 Å². The summed E-state index contributed by atoms with van der Waals surface area (Å²) in [5.41, 5.74) is 5.66. The molecule has 1 aliphatic carbocycles. The maximum Gasteiger partial charge on any atom is 0.224 e. The van der Waals surface area contributed by atoms with Crippen LogP contribution in [0.2, 0.25) is 0 Å². The molecule has 1 unspecified atom stereocenters. The molecule has 0 aliphatic heterocycles. The molecule has 1 saturated carbocycles. The summed E-state index contributed by atoms with van der Waals surface area (Å²) in [5.74, 6) is 1.33. The molecule has 0 saturated heterocycles. The van der Waals surface area contributed by atoms with Crippen LogP contribution in [0.25, 0.3) is 0 Å². The molecule has 1 rings (SSSR count). The van der Waals surface area contributed by atoms with Gasteiger partial charge in [-0.25, -0.2) is 0 Å². The lowest BCUT2D eigenvalue weighted by Crippen LogP contribution is -2.44. The van der Waals surface area contributed by atoms with Gasteiger partial charge in [-0.3, -0.25) is 4.79 Å². The van der Waals surface area contributed by atoms with Crippen LogP contribution in [0.15, 0.2) is 0 Å². The Balaban J connectivity index is 2.36. The Morgan fingerprint density at radius 3 is 2.29 bits per heavy atom. The van der Waals surface area contributed by atoms with Crippen LogP contribution >= 0.6 is 0 Å². The third-order valence-electron chi connectivity index (χ3n) is 4.17. The molecule has 17 heavy (non-hydrogen) atoms. The van der Waals surface area contributed by atoms with E-state index >= 15 is 0 Å². The molecule has 0 heterocycles. The summed E-state index contributed by atoms with van der Waals surface area (Å²) in [6, 6.07) is 0.387. The van der Waals surface area contributed by atoms with Crippen LogP contribution in [-0.4, -0.2) is 18.5 Å². The third kappa shape index (κ3) is 4.30. The molecule has 3 heteroatoms. The lowest BCUT2D eigenvalue weighted by Gasteiger charge is -2.30. The van der Waals surface area contributed by atoms with Gasteiger partial charge in [0.25, 0.3) is 0 Å². The summed E-state index contributed by atoms with van der Waals surface area (Å²) in [6.07, 6.45) is 6.07. The normalized spacial score (nSPS) is 26.9. The highest BCUT2D eigenvalue weighted by Crippen LogP contribution is 2.26. The van der Waals surface area contributed by atoms with Gasteiger partial charge in [-0.05, 0) is 37.5 Å². The van der Waals surface area contributed by atoms with Crippen molar-refractivity contribution in [3.63, 3.8) is 0 Å². The topological polar surface area (TPSA) is 55.1 Å². The minimum Gasteiger partial charge on any atom is -0.353 e. The summed E-state index contributed by atoms with van der Waals surface area (Å²) in [6.45, 7) is 6.83. The van der Waals surface area contributed by atoms with Gasteiger partial charge in [0.15, 0.2) is 0 Å². The van der Waals surface area contributed by atoms with Crippen LogP contribution in [0.1, 0.15) is 52.9 Å². The Bertz CT molecular complexity index is 232. The minimum atomic E-state index is -0.0288. The summed E-state index contributed by atoms with van der Waals surface area (Å²) in [7, 11) is 0. The third-order valence-corrected chi connectivity index (χ3v) is 4.17. The van der Waals surface area contributed by atoms with Crippen molar-refractivity contribution in [1.29, 1.82) is 0 Å². The lowest BCUT2D eigenvalue weighted by atomic mass is 9.84. The van der Waals surface area contributed by atoms with E-state index in [2.05, 4.69) is 26.1 Å². The van der Waals surface area contributed by atoms with E-state index in [1.165, 1.54) is 19.3 Å². The molecular weight excluding hydrogens is 212 g/mol. The Hall–Kier alpha value is -0.570. The van der Waals surface area contributed by atoms with E-state index in [1.807, 2.05) is 0 Å². The van der Waals surface area contributed by atoms with E-state index in [-0.39, 0.29) is 11.8 Å². The van der Waals surface area contributed by atoms with E-state index in [1.54, 1.807) is 0 Å². The SMILES string of the molecule is CCC1CCC(NC(=O)C(CN)C(C)C)CC1. The quantitative estimate of drug-likeness (QED) is 0.774. The van der Waals surface area contributed by atoms with Crippen molar-refractivity contribution >= 4 is 5.91 Å². The fraction of sp³-hybridized carbons (Fsp3) is 0.929. The Morgan fingerprint density at radius 2 is 1.88 bits per heavy atom. The molecule has 0 aromatic heterocycles. The van der Waals surface area contributed by atoms with Gasteiger partial charge in [-0.15, -0.1) is 0 Å². The first-order valence-electron chi connectivity index (χ1n) is 7.08. The van der Waals surface area contributed by atoms with Crippen LogP contribution < -0.4 is 11.1 Å². The van der Waals surface area contributed by atoms with Crippen molar-refractivity contribution < 1.29 is 4.79 Å². The van der Waals surface area contributed by atoms with Crippen molar-refractivity contribution in [2.75, 3.05) is 6.54 Å². The molecule has 100 valence electrons.